The van der Waals surface area contributed by atoms with Crippen molar-refractivity contribution in [2.75, 3.05) is 0 Å². The summed E-state index contributed by atoms with van der Waals surface area (Å²) in [7, 11) is 0. The Morgan fingerprint density at radius 2 is 2.11 bits per heavy atom. The van der Waals surface area contributed by atoms with Crippen LogP contribution in [-0.4, -0.2) is 20.9 Å². The van der Waals surface area contributed by atoms with Crippen molar-refractivity contribution >= 4 is 28.6 Å². The normalized spacial score (nSPS) is 11.0. The molecule has 0 unspecified atom stereocenters. The van der Waals surface area contributed by atoms with E-state index >= 15 is 0 Å². The third kappa shape index (κ3) is 4.53. The van der Waals surface area contributed by atoms with E-state index in [2.05, 4.69) is 10.1 Å². The molecule has 138 valence electrons. The molecule has 0 aliphatic rings. The average molecular weight is 399 g/mol. The van der Waals surface area contributed by atoms with Gasteiger partial charge in [0, 0.05) is 28.7 Å². The fraction of sp³-hybridized carbons (Fsp3) is 0.211. The van der Waals surface area contributed by atoms with Crippen molar-refractivity contribution in [3.8, 4) is 11.4 Å². The predicted molar refractivity (Wildman–Crippen MR) is 103 cm³/mol. The first-order valence-electron chi connectivity index (χ1n) is 8.45. The third-order valence-electron chi connectivity index (χ3n) is 4.01. The fourth-order valence-electron chi connectivity index (χ4n) is 2.65. The lowest BCUT2D eigenvalue weighted by molar-refractivity contribution is -0.132. The molecule has 6 nitrogen and oxygen atoms in total. The quantitative estimate of drug-likeness (QED) is 0.432. The molecule has 27 heavy (non-hydrogen) atoms. The van der Waals surface area contributed by atoms with E-state index in [0.717, 1.165) is 16.2 Å². The predicted octanol–water partition coefficient (Wildman–Crippen LogP) is 4.61. The highest BCUT2D eigenvalue weighted by Crippen LogP contribution is 2.20. The Kier molecular flexibility index (Phi) is 5.45. The molecule has 0 spiro atoms. The molecule has 0 radical (unpaired) electrons. The Morgan fingerprint density at radius 3 is 2.85 bits per heavy atom. The second kappa shape index (κ2) is 8.32. The molecule has 1 amide bonds. The van der Waals surface area contributed by atoms with Crippen molar-refractivity contribution in [3.63, 3.8) is 0 Å². The van der Waals surface area contributed by atoms with Crippen LogP contribution in [0.5, 0.6) is 0 Å². The lowest BCUT2D eigenvalue weighted by Crippen LogP contribution is -2.29. The van der Waals surface area contributed by atoms with Gasteiger partial charge in [0.25, 0.3) is 0 Å². The number of carbonyl (C=O) groups is 1. The molecule has 0 bridgehead atoms. The van der Waals surface area contributed by atoms with Crippen LogP contribution in [0, 0.1) is 0 Å². The Hall–Kier alpha value is -2.71. The first-order chi connectivity index (χ1) is 13.3. The number of thiophene rings is 2. The summed E-state index contributed by atoms with van der Waals surface area (Å²) in [6.07, 6.45) is 2.33. The van der Waals surface area contributed by atoms with E-state index in [0.29, 0.717) is 37.6 Å². The summed E-state index contributed by atoms with van der Waals surface area (Å²) in [6, 6.07) is 9.65. The molecule has 0 saturated heterocycles. The molecule has 0 saturated carbocycles. The number of hydrogen-bond acceptors (Lipinski definition) is 7. The van der Waals surface area contributed by atoms with E-state index in [4.69, 9.17) is 8.94 Å². The SMILES string of the molecule is O=C(CCc1nc(-c2ccsc2)no1)N(Cc1ccco1)Cc1cccs1. The zero-order chi connectivity index (χ0) is 18.5. The van der Waals surface area contributed by atoms with E-state index in [1.165, 1.54) is 0 Å². The van der Waals surface area contributed by atoms with Gasteiger partial charge in [0.2, 0.25) is 17.6 Å². The first kappa shape index (κ1) is 17.7. The molecular weight excluding hydrogens is 382 g/mol. The number of furan rings is 1. The molecule has 4 aromatic rings. The zero-order valence-corrected chi connectivity index (χ0v) is 16.0. The van der Waals surface area contributed by atoms with Crippen molar-refractivity contribution in [3.05, 3.63) is 69.3 Å². The summed E-state index contributed by atoms with van der Waals surface area (Å²) in [6.45, 7) is 0.995. The lowest BCUT2D eigenvalue weighted by atomic mass is 10.2. The summed E-state index contributed by atoms with van der Waals surface area (Å²) in [5.41, 5.74) is 0.929. The second-order valence-electron chi connectivity index (χ2n) is 5.93. The van der Waals surface area contributed by atoms with Crippen LogP contribution in [-0.2, 0) is 24.3 Å². The highest BCUT2D eigenvalue weighted by Gasteiger charge is 2.18. The minimum Gasteiger partial charge on any atom is -0.467 e. The van der Waals surface area contributed by atoms with Crippen molar-refractivity contribution in [2.24, 2.45) is 0 Å². The maximum Gasteiger partial charge on any atom is 0.227 e. The van der Waals surface area contributed by atoms with Gasteiger partial charge in [0.05, 0.1) is 19.4 Å². The van der Waals surface area contributed by atoms with Crippen molar-refractivity contribution in [1.29, 1.82) is 0 Å². The van der Waals surface area contributed by atoms with Gasteiger partial charge in [-0.1, -0.05) is 11.2 Å². The van der Waals surface area contributed by atoms with E-state index in [1.807, 2.05) is 46.5 Å². The molecule has 4 heterocycles. The van der Waals surface area contributed by atoms with Crippen LogP contribution >= 0.6 is 22.7 Å². The molecule has 0 aromatic carbocycles. The van der Waals surface area contributed by atoms with E-state index in [1.54, 1.807) is 33.8 Å². The van der Waals surface area contributed by atoms with E-state index in [-0.39, 0.29) is 5.91 Å². The van der Waals surface area contributed by atoms with E-state index < -0.39 is 0 Å². The van der Waals surface area contributed by atoms with Gasteiger partial charge in [-0.2, -0.15) is 16.3 Å². The maximum absolute atomic E-state index is 12.8. The van der Waals surface area contributed by atoms with Gasteiger partial charge < -0.3 is 13.8 Å². The van der Waals surface area contributed by atoms with Crippen molar-refractivity contribution < 1.29 is 13.7 Å². The van der Waals surface area contributed by atoms with Gasteiger partial charge in [0.1, 0.15) is 5.76 Å². The minimum absolute atomic E-state index is 0.0232. The van der Waals surface area contributed by atoms with Crippen LogP contribution in [0.1, 0.15) is 22.9 Å². The van der Waals surface area contributed by atoms with Crippen molar-refractivity contribution in [2.45, 2.75) is 25.9 Å². The number of nitrogens with zero attached hydrogens (tertiary/aromatic N) is 3. The summed E-state index contributed by atoms with van der Waals surface area (Å²) in [5.74, 6) is 1.82. The molecule has 0 atom stereocenters. The first-order valence-corrected chi connectivity index (χ1v) is 10.3. The Morgan fingerprint density at radius 1 is 1.15 bits per heavy atom. The molecule has 0 N–H and O–H groups in total. The highest BCUT2D eigenvalue weighted by atomic mass is 32.1. The molecule has 4 aromatic heterocycles. The van der Waals surface area contributed by atoms with Gasteiger partial charge in [-0.05, 0) is 35.0 Å². The van der Waals surface area contributed by atoms with Gasteiger partial charge in [0.15, 0.2) is 0 Å². The van der Waals surface area contributed by atoms with Crippen LogP contribution < -0.4 is 0 Å². The molecule has 8 heteroatoms. The summed E-state index contributed by atoms with van der Waals surface area (Å²) in [4.78, 5) is 20.1. The number of hydrogen-bond donors (Lipinski definition) is 0. The molecule has 0 fully saturated rings. The molecule has 4 rings (SSSR count). The molecule has 0 aliphatic carbocycles. The number of carbonyl (C=O) groups excluding carboxylic acids is 1. The highest BCUT2D eigenvalue weighted by molar-refractivity contribution is 7.09. The summed E-state index contributed by atoms with van der Waals surface area (Å²) < 4.78 is 10.7. The van der Waals surface area contributed by atoms with Crippen LogP contribution in [0.3, 0.4) is 0 Å². The maximum atomic E-state index is 12.8. The number of aromatic nitrogens is 2. The van der Waals surface area contributed by atoms with Crippen LogP contribution in [0.2, 0.25) is 0 Å². The van der Waals surface area contributed by atoms with Gasteiger partial charge >= 0.3 is 0 Å². The van der Waals surface area contributed by atoms with Gasteiger partial charge in [-0.15, -0.1) is 11.3 Å². The summed E-state index contributed by atoms with van der Waals surface area (Å²) >= 11 is 3.21. The Balaban J connectivity index is 1.40. The number of aryl methyl sites for hydroxylation is 1. The topological polar surface area (TPSA) is 72.4 Å². The molecule has 0 aliphatic heterocycles. The largest absolute Gasteiger partial charge is 0.467 e. The van der Waals surface area contributed by atoms with Crippen LogP contribution in [0.25, 0.3) is 11.4 Å². The van der Waals surface area contributed by atoms with Crippen LogP contribution in [0.15, 0.2) is 61.7 Å². The average Bonchev–Trinajstić information content (AvgIpc) is 3.48. The number of amides is 1. The smallest absolute Gasteiger partial charge is 0.227 e. The van der Waals surface area contributed by atoms with Gasteiger partial charge in [-0.3, -0.25) is 4.79 Å². The van der Waals surface area contributed by atoms with E-state index in [9.17, 15) is 4.79 Å². The molecular formula is C19H17N3O3S2. The Labute approximate surface area is 164 Å². The van der Waals surface area contributed by atoms with Crippen molar-refractivity contribution in [1.82, 2.24) is 15.0 Å². The van der Waals surface area contributed by atoms with Crippen LogP contribution in [0.4, 0.5) is 0 Å². The second-order valence-corrected chi connectivity index (χ2v) is 7.74. The third-order valence-corrected chi connectivity index (χ3v) is 5.55. The fourth-order valence-corrected chi connectivity index (χ4v) is 4.00. The number of rotatable bonds is 8. The minimum atomic E-state index is 0.0232. The lowest BCUT2D eigenvalue weighted by Gasteiger charge is -2.20. The van der Waals surface area contributed by atoms with Gasteiger partial charge in [-0.25, -0.2) is 0 Å². The Bertz CT molecular complexity index is 924. The zero-order valence-electron chi connectivity index (χ0n) is 14.4. The summed E-state index contributed by atoms with van der Waals surface area (Å²) in [5, 5.41) is 9.92. The standard InChI is InChI=1S/C19H17N3O3S2/c23-18(6-5-17-20-19(21-25-17)14-7-10-26-13-14)22(11-15-3-1-8-24-15)12-16-4-2-9-27-16/h1-4,7-10,13H,5-6,11-12H2. The monoisotopic (exact) mass is 399 g/mol.